The number of nitrogens with one attached hydrogen (secondary N) is 1. The number of nitrogens with zero attached hydrogens (tertiary/aromatic N) is 2. The Bertz CT molecular complexity index is 564. The van der Waals surface area contributed by atoms with E-state index in [4.69, 9.17) is 9.47 Å². The van der Waals surface area contributed by atoms with E-state index < -0.39 is 12.2 Å². The predicted octanol–water partition coefficient (Wildman–Crippen LogP) is -1.00. The van der Waals surface area contributed by atoms with E-state index in [1.807, 2.05) is 19.3 Å². The lowest BCUT2D eigenvalue weighted by atomic mass is 10.0. The number of rotatable bonds is 5. The Morgan fingerprint density at radius 3 is 2.68 bits per heavy atom. The lowest BCUT2D eigenvalue weighted by Gasteiger charge is -2.36. The van der Waals surface area contributed by atoms with Crippen molar-refractivity contribution in [1.29, 1.82) is 0 Å². The summed E-state index contributed by atoms with van der Waals surface area (Å²) in [6.07, 6.45) is 0.0163. The third kappa shape index (κ3) is 4.33. The van der Waals surface area contributed by atoms with Crippen molar-refractivity contribution in [3.05, 3.63) is 24.0 Å². The monoisotopic (exact) mass is 375 g/mol. The molecule has 0 aromatic carbocycles. The zero-order valence-electron chi connectivity index (χ0n) is 14.2. The molecule has 1 amide bonds. The van der Waals surface area contributed by atoms with E-state index in [2.05, 4.69) is 10.2 Å². The van der Waals surface area contributed by atoms with E-state index in [0.717, 1.165) is 0 Å². The normalized spacial score (nSPS) is 30.0. The van der Waals surface area contributed by atoms with Crippen molar-refractivity contribution in [2.45, 2.75) is 24.4 Å². The number of carbonyl (C=O) groups excluding carboxylic acids is 1. The lowest BCUT2D eigenvalue weighted by molar-refractivity contribution is -0.0220. The van der Waals surface area contributed by atoms with E-state index in [-0.39, 0.29) is 43.6 Å². The molecule has 0 saturated carbocycles. The van der Waals surface area contributed by atoms with Crippen molar-refractivity contribution in [3.8, 4) is 0 Å². The molecule has 3 rings (SSSR count). The van der Waals surface area contributed by atoms with Gasteiger partial charge < -0.3 is 29.6 Å². The topological polar surface area (TPSA) is 96.2 Å². The van der Waals surface area contributed by atoms with Crippen LogP contribution in [0.5, 0.6) is 0 Å². The third-order valence-corrected chi connectivity index (χ3v) is 4.75. The number of hydrogen-bond donors (Lipinski definition) is 3. The van der Waals surface area contributed by atoms with Gasteiger partial charge in [0.2, 0.25) is 0 Å². The molecule has 0 radical (unpaired) electrons. The van der Waals surface area contributed by atoms with Gasteiger partial charge >= 0.3 is 0 Å². The maximum Gasteiger partial charge on any atom is 0.267 e. The number of aryl methyl sites for hydroxylation is 1. The summed E-state index contributed by atoms with van der Waals surface area (Å²) in [4.78, 5) is 14.4. The van der Waals surface area contributed by atoms with Crippen LogP contribution in [-0.4, -0.2) is 89.4 Å². The van der Waals surface area contributed by atoms with Crippen molar-refractivity contribution in [1.82, 2.24) is 14.8 Å². The molecule has 1 aromatic heterocycles. The first kappa shape index (κ1) is 20.2. The van der Waals surface area contributed by atoms with Gasteiger partial charge in [-0.25, -0.2) is 0 Å². The second kappa shape index (κ2) is 8.98. The summed E-state index contributed by atoms with van der Waals surface area (Å²) in [5.41, 5.74) is 0.565. The number of carbonyl (C=O) groups is 1. The molecule has 0 bridgehead atoms. The van der Waals surface area contributed by atoms with Gasteiger partial charge in [-0.3, -0.25) is 9.69 Å². The van der Waals surface area contributed by atoms with Crippen LogP contribution < -0.4 is 5.32 Å². The summed E-state index contributed by atoms with van der Waals surface area (Å²) in [7, 11) is 1.81. The first-order chi connectivity index (χ1) is 11.6. The van der Waals surface area contributed by atoms with Crippen LogP contribution in [0.2, 0.25) is 0 Å². The molecule has 9 heteroatoms. The highest BCUT2D eigenvalue weighted by Gasteiger charge is 2.46. The predicted molar refractivity (Wildman–Crippen MR) is 92.9 cm³/mol. The van der Waals surface area contributed by atoms with Gasteiger partial charge in [0.05, 0.1) is 32.0 Å². The molecule has 2 aliphatic rings. The van der Waals surface area contributed by atoms with Crippen LogP contribution in [0.1, 0.15) is 10.5 Å². The number of amides is 1. The summed E-state index contributed by atoms with van der Waals surface area (Å²) in [5.74, 6) is -0.186. The molecule has 4 atom stereocenters. The zero-order chi connectivity index (χ0) is 17.1. The van der Waals surface area contributed by atoms with E-state index in [0.29, 0.717) is 32.0 Å². The Hall–Kier alpha value is -1.16. The van der Waals surface area contributed by atoms with Crippen LogP contribution in [0.4, 0.5) is 0 Å². The summed E-state index contributed by atoms with van der Waals surface area (Å²) in [6.45, 7) is 2.64. The first-order valence-corrected chi connectivity index (χ1v) is 8.27. The smallest absolute Gasteiger partial charge is 0.267 e. The lowest BCUT2D eigenvalue weighted by Crippen LogP contribution is -2.54. The number of aromatic nitrogens is 1. The molecule has 142 valence electrons. The van der Waals surface area contributed by atoms with Gasteiger partial charge in [0.1, 0.15) is 17.9 Å². The fourth-order valence-corrected chi connectivity index (χ4v) is 3.45. The summed E-state index contributed by atoms with van der Waals surface area (Å²) in [6, 6.07) is 3.29. The van der Waals surface area contributed by atoms with Gasteiger partial charge in [-0.15, -0.1) is 12.4 Å². The first-order valence-electron chi connectivity index (χ1n) is 8.27. The molecule has 3 heterocycles. The second-order valence-electron chi connectivity index (χ2n) is 6.24. The Morgan fingerprint density at radius 1 is 1.36 bits per heavy atom. The van der Waals surface area contributed by atoms with E-state index in [1.165, 1.54) is 0 Å². The number of hydrogen-bond acceptors (Lipinski definition) is 6. The Labute approximate surface area is 153 Å². The van der Waals surface area contributed by atoms with Crippen LogP contribution in [0.15, 0.2) is 18.3 Å². The zero-order valence-corrected chi connectivity index (χ0v) is 15.0. The highest BCUT2D eigenvalue weighted by molar-refractivity contribution is 5.92. The molecule has 25 heavy (non-hydrogen) atoms. The van der Waals surface area contributed by atoms with Crippen LogP contribution in [0.25, 0.3) is 0 Å². The van der Waals surface area contributed by atoms with Crippen LogP contribution in [-0.2, 0) is 16.5 Å². The number of morpholine rings is 1. The van der Waals surface area contributed by atoms with Crippen molar-refractivity contribution in [2.75, 3.05) is 39.5 Å². The molecular weight excluding hydrogens is 350 g/mol. The second-order valence-corrected chi connectivity index (χ2v) is 6.24. The minimum atomic E-state index is -0.787. The third-order valence-electron chi connectivity index (χ3n) is 4.75. The van der Waals surface area contributed by atoms with Crippen LogP contribution >= 0.6 is 12.4 Å². The molecule has 2 saturated heterocycles. The SMILES string of the molecule is Cl.Cn1cccc1C(=O)NC[C@H]1O[C@@H](CO)[C@@H](O)[C@H]1N1CCOCC1. The van der Waals surface area contributed by atoms with E-state index in [9.17, 15) is 15.0 Å². The average Bonchev–Trinajstić information content (AvgIpc) is 3.16. The molecule has 2 fully saturated rings. The van der Waals surface area contributed by atoms with Crippen molar-refractivity contribution < 1.29 is 24.5 Å². The van der Waals surface area contributed by atoms with Crippen LogP contribution in [0.3, 0.4) is 0 Å². The Morgan fingerprint density at radius 2 is 2.08 bits per heavy atom. The van der Waals surface area contributed by atoms with Gasteiger partial charge in [-0.2, -0.15) is 0 Å². The summed E-state index contributed by atoms with van der Waals surface area (Å²) in [5, 5.41) is 22.8. The van der Waals surface area contributed by atoms with E-state index >= 15 is 0 Å². The highest BCUT2D eigenvalue weighted by Crippen LogP contribution is 2.26. The maximum atomic E-state index is 12.3. The van der Waals surface area contributed by atoms with Crippen molar-refractivity contribution >= 4 is 18.3 Å². The summed E-state index contributed by atoms with van der Waals surface area (Å²) >= 11 is 0. The van der Waals surface area contributed by atoms with Gasteiger partial charge in [0.15, 0.2) is 0 Å². The fraction of sp³-hybridized carbons (Fsp3) is 0.688. The fourth-order valence-electron chi connectivity index (χ4n) is 3.45. The molecule has 0 aliphatic carbocycles. The van der Waals surface area contributed by atoms with E-state index in [1.54, 1.807) is 10.6 Å². The minimum absolute atomic E-state index is 0. The molecule has 2 aliphatic heterocycles. The molecule has 8 nitrogen and oxygen atoms in total. The largest absolute Gasteiger partial charge is 0.394 e. The number of halogens is 1. The average molecular weight is 376 g/mol. The molecule has 0 spiro atoms. The quantitative estimate of drug-likeness (QED) is 0.611. The van der Waals surface area contributed by atoms with Gasteiger partial charge in [0, 0.05) is 32.9 Å². The number of aliphatic hydroxyl groups is 2. The van der Waals surface area contributed by atoms with Gasteiger partial charge in [0.25, 0.3) is 5.91 Å². The highest BCUT2D eigenvalue weighted by atomic mass is 35.5. The molecular formula is C16H26ClN3O5. The van der Waals surface area contributed by atoms with Crippen molar-refractivity contribution in [2.24, 2.45) is 7.05 Å². The Kier molecular flexibility index (Phi) is 7.24. The van der Waals surface area contributed by atoms with Crippen molar-refractivity contribution in [3.63, 3.8) is 0 Å². The summed E-state index contributed by atoms with van der Waals surface area (Å²) < 4.78 is 12.9. The molecule has 3 N–H and O–H groups in total. The standard InChI is InChI=1S/C16H25N3O5.ClH/c1-18-4-2-3-11(18)16(22)17-9-12-14(15(21)13(10-20)24-12)19-5-7-23-8-6-19;/h2-4,12-15,20-21H,5-10H2,1H3,(H,17,22);1H/t12-,13+,14+,15-;/m1./s1. The minimum Gasteiger partial charge on any atom is -0.394 e. The molecule has 1 aromatic rings. The number of ether oxygens (including phenoxy) is 2. The maximum absolute atomic E-state index is 12.3. The molecule has 0 unspecified atom stereocenters. The van der Waals surface area contributed by atoms with Crippen LogP contribution in [0, 0.1) is 0 Å². The Balaban J connectivity index is 0.00000225. The van der Waals surface area contributed by atoms with Gasteiger partial charge in [-0.05, 0) is 12.1 Å². The van der Waals surface area contributed by atoms with Gasteiger partial charge in [-0.1, -0.05) is 0 Å². The number of aliphatic hydroxyl groups excluding tert-OH is 2.